The maximum Gasteiger partial charge on any atom is 0.257 e. The maximum absolute atomic E-state index is 13.6. The Morgan fingerprint density at radius 3 is 2.45 bits per heavy atom. The lowest BCUT2D eigenvalue weighted by Crippen LogP contribution is -2.54. The van der Waals surface area contributed by atoms with Gasteiger partial charge in [-0.15, -0.1) is 0 Å². The van der Waals surface area contributed by atoms with Gasteiger partial charge in [-0.3, -0.25) is 9.48 Å². The maximum atomic E-state index is 13.6. The molecule has 5 nitrogen and oxygen atoms in total. The van der Waals surface area contributed by atoms with Gasteiger partial charge in [-0.1, -0.05) is 13.8 Å². The first-order valence-corrected chi connectivity index (χ1v) is 7.96. The van der Waals surface area contributed by atoms with Crippen LogP contribution in [0.25, 0.3) is 0 Å². The van der Waals surface area contributed by atoms with Gasteiger partial charge >= 0.3 is 0 Å². The molecule has 0 aliphatic carbocycles. The van der Waals surface area contributed by atoms with Crippen molar-refractivity contribution in [2.45, 2.75) is 58.3 Å². The Morgan fingerprint density at radius 2 is 1.95 bits per heavy atom. The van der Waals surface area contributed by atoms with E-state index < -0.39 is 6.17 Å². The van der Waals surface area contributed by atoms with Gasteiger partial charge in [0, 0.05) is 37.9 Å². The molecule has 1 aromatic heterocycles. The molecular formula is C16H27FN4O. The molecule has 0 bridgehead atoms. The van der Waals surface area contributed by atoms with Crippen LogP contribution in [0.2, 0.25) is 0 Å². The lowest BCUT2D eigenvalue weighted by atomic mass is 9.88. The molecule has 1 aliphatic heterocycles. The van der Waals surface area contributed by atoms with Crippen LogP contribution < -0.4 is 5.32 Å². The summed E-state index contributed by atoms with van der Waals surface area (Å²) < 4.78 is 15.2. The second kappa shape index (κ2) is 6.36. The molecule has 2 heterocycles. The van der Waals surface area contributed by atoms with Crippen LogP contribution in [-0.2, 0) is 7.05 Å². The fourth-order valence-corrected chi connectivity index (χ4v) is 3.18. The van der Waals surface area contributed by atoms with Crippen LogP contribution in [0, 0.1) is 0 Å². The fourth-order valence-electron chi connectivity index (χ4n) is 3.18. The molecule has 2 rings (SSSR count). The molecule has 1 unspecified atom stereocenters. The second-order valence-corrected chi connectivity index (χ2v) is 6.87. The Hall–Kier alpha value is -1.43. The summed E-state index contributed by atoms with van der Waals surface area (Å²) in [5.41, 5.74) is 0.690. The molecule has 124 valence electrons. The van der Waals surface area contributed by atoms with Crippen molar-refractivity contribution in [3.05, 3.63) is 17.5 Å². The van der Waals surface area contributed by atoms with Crippen LogP contribution in [0.15, 0.2) is 6.20 Å². The van der Waals surface area contributed by atoms with E-state index >= 15 is 0 Å². The minimum atomic E-state index is -1.24. The standard InChI is InChI=1S/C16H27FN4O/c1-11(2)18-16(4)6-8-21(9-7-16)15(22)13-10-20(5)19-14(13)12(3)17/h10-12,18H,6-9H2,1-5H3. The topological polar surface area (TPSA) is 50.2 Å². The minimum Gasteiger partial charge on any atom is -0.338 e. The highest BCUT2D eigenvalue weighted by atomic mass is 19.1. The molecule has 1 amide bonds. The molecule has 0 saturated carbocycles. The van der Waals surface area contributed by atoms with Gasteiger partial charge < -0.3 is 10.2 Å². The Morgan fingerprint density at radius 1 is 1.36 bits per heavy atom. The van der Waals surface area contributed by atoms with Crippen molar-refractivity contribution in [1.29, 1.82) is 0 Å². The highest BCUT2D eigenvalue weighted by Crippen LogP contribution is 2.26. The quantitative estimate of drug-likeness (QED) is 0.929. The van der Waals surface area contributed by atoms with Crippen molar-refractivity contribution in [1.82, 2.24) is 20.0 Å². The first-order valence-electron chi connectivity index (χ1n) is 7.96. The number of amides is 1. The van der Waals surface area contributed by atoms with E-state index in [4.69, 9.17) is 0 Å². The van der Waals surface area contributed by atoms with Crippen molar-refractivity contribution < 1.29 is 9.18 Å². The number of nitrogens with one attached hydrogen (secondary N) is 1. The number of alkyl halides is 1. The number of piperidine rings is 1. The molecule has 1 aromatic rings. The minimum absolute atomic E-state index is 0.0656. The fraction of sp³-hybridized carbons (Fsp3) is 0.750. The highest BCUT2D eigenvalue weighted by molar-refractivity contribution is 5.95. The van der Waals surface area contributed by atoms with Crippen molar-refractivity contribution in [2.75, 3.05) is 13.1 Å². The molecule has 1 aliphatic rings. The predicted molar refractivity (Wildman–Crippen MR) is 84.5 cm³/mol. The monoisotopic (exact) mass is 310 g/mol. The molecule has 0 aromatic carbocycles. The van der Waals surface area contributed by atoms with E-state index in [1.54, 1.807) is 13.2 Å². The van der Waals surface area contributed by atoms with Gasteiger partial charge in [0.1, 0.15) is 11.9 Å². The molecule has 1 saturated heterocycles. The van der Waals surface area contributed by atoms with Gasteiger partial charge in [0.2, 0.25) is 0 Å². The lowest BCUT2D eigenvalue weighted by Gasteiger charge is -2.41. The van der Waals surface area contributed by atoms with Gasteiger partial charge in [-0.2, -0.15) is 5.10 Å². The summed E-state index contributed by atoms with van der Waals surface area (Å²) in [6, 6.07) is 0.421. The lowest BCUT2D eigenvalue weighted by molar-refractivity contribution is 0.0646. The number of rotatable bonds is 4. The molecule has 1 fully saturated rings. The summed E-state index contributed by atoms with van der Waals surface area (Å²) in [5.74, 6) is -0.112. The Labute approximate surface area is 131 Å². The number of aromatic nitrogens is 2. The SMILES string of the molecule is CC(C)NC1(C)CCN(C(=O)c2cn(C)nc2C(C)F)CC1. The van der Waals surface area contributed by atoms with E-state index in [-0.39, 0.29) is 17.1 Å². The number of likely N-dealkylation sites (tertiary alicyclic amines) is 1. The average molecular weight is 310 g/mol. The smallest absolute Gasteiger partial charge is 0.257 e. The number of carbonyl (C=O) groups is 1. The molecule has 1 N–H and O–H groups in total. The van der Waals surface area contributed by atoms with Gasteiger partial charge in [0.15, 0.2) is 0 Å². The number of hydrogen-bond acceptors (Lipinski definition) is 3. The number of nitrogens with zero attached hydrogens (tertiary/aromatic N) is 3. The van der Waals surface area contributed by atoms with Crippen molar-refractivity contribution in [3.63, 3.8) is 0 Å². The average Bonchev–Trinajstić information content (AvgIpc) is 2.80. The van der Waals surface area contributed by atoms with E-state index in [0.717, 1.165) is 12.8 Å². The first kappa shape index (κ1) is 16.9. The third-order valence-electron chi connectivity index (χ3n) is 4.26. The van der Waals surface area contributed by atoms with Crippen LogP contribution in [0.1, 0.15) is 62.8 Å². The zero-order chi connectivity index (χ0) is 16.5. The third-order valence-corrected chi connectivity index (χ3v) is 4.26. The van der Waals surface area contributed by atoms with Crippen LogP contribution >= 0.6 is 0 Å². The van der Waals surface area contributed by atoms with Crippen LogP contribution in [0.4, 0.5) is 4.39 Å². The molecule has 0 spiro atoms. The number of aryl methyl sites for hydroxylation is 1. The van der Waals surface area contributed by atoms with E-state index in [1.165, 1.54) is 11.6 Å². The Balaban J connectivity index is 2.07. The van der Waals surface area contributed by atoms with E-state index in [9.17, 15) is 9.18 Å². The number of halogens is 1. The molecular weight excluding hydrogens is 283 g/mol. The van der Waals surface area contributed by atoms with Crippen LogP contribution in [0.5, 0.6) is 0 Å². The Kier molecular flexibility index (Phi) is 4.90. The number of carbonyl (C=O) groups excluding carboxylic acids is 1. The molecule has 0 radical (unpaired) electrons. The molecule has 22 heavy (non-hydrogen) atoms. The van der Waals surface area contributed by atoms with Crippen LogP contribution in [-0.4, -0.2) is 45.3 Å². The first-order chi connectivity index (χ1) is 10.2. The van der Waals surface area contributed by atoms with Gasteiger partial charge in [-0.05, 0) is 26.7 Å². The zero-order valence-electron chi connectivity index (χ0n) is 14.2. The number of hydrogen-bond donors (Lipinski definition) is 1. The normalized spacial score (nSPS) is 19.5. The predicted octanol–water partition coefficient (Wildman–Crippen LogP) is 2.44. The summed E-state index contributed by atoms with van der Waals surface area (Å²) in [7, 11) is 1.71. The second-order valence-electron chi connectivity index (χ2n) is 6.87. The van der Waals surface area contributed by atoms with E-state index in [2.05, 4.69) is 31.2 Å². The van der Waals surface area contributed by atoms with Gasteiger partial charge in [0.05, 0.1) is 5.56 Å². The summed E-state index contributed by atoms with van der Waals surface area (Å²) in [6.07, 6.45) is 2.18. The van der Waals surface area contributed by atoms with Crippen molar-refractivity contribution in [3.8, 4) is 0 Å². The largest absolute Gasteiger partial charge is 0.338 e. The van der Waals surface area contributed by atoms with Gasteiger partial charge in [0.25, 0.3) is 5.91 Å². The van der Waals surface area contributed by atoms with Gasteiger partial charge in [-0.25, -0.2) is 4.39 Å². The Bertz CT molecular complexity index is 530. The zero-order valence-corrected chi connectivity index (χ0v) is 14.2. The summed E-state index contributed by atoms with van der Waals surface area (Å²) >= 11 is 0. The van der Waals surface area contributed by atoms with E-state index in [0.29, 0.717) is 24.7 Å². The summed E-state index contributed by atoms with van der Waals surface area (Å²) in [5, 5.41) is 7.65. The summed E-state index contributed by atoms with van der Waals surface area (Å²) in [4.78, 5) is 14.5. The molecule has 6 heteroatoms. The van der Waals surface area contributed by atoms with Crippen molar-refractivity contribution in [2.24, 2.45) is 7.05 Å². The van der Waals surface area contributed by atoms with Crippen molar-refractivity contribution >= 4 is 5.91 Å². The van der Waals surface area contributed by atoms with E-state index in [1.807, 2.05) is 4.90 Å². The van der Waals surface area contributed by atoms with Crippen LogP contribution in [0.3, 0.4) is 0 Å². The third kappa shape index (κ3) is 3.66. The molecule has 1 atom stereocenters. The highest BCUT2D eigenvalue weighted by Gasteiger charge is 2.33. The summed E-state index contributed by atoms with van der Waals surface area (Å²) in [6.45, 7) is 9.25.